The van der Waals surface area contributed by atoms with Gasteiger partial charge in [-0.25, -0.2) is 5.43 Å². The van der Waals surface area contributed by atoms with Crippen LogP contribution in [0.2, 0.25) is 0 Å². The zero-order valence-electron chi connectivity index (χ0n) is 15.6. The van der Waals surface area contributed by atoms with Crippen molar-refractivity contribution in [2.75, 3.05) is 11.9 Å². The first-order valence-corrected chi connectivity index (χ1v) is 8.92. The Kier molecular flexibility index (Phi) is 6.00. The number of carbonyl (C=O) groups excluding carboxylic acids is 1. The van der Waals surface area contributed by atoms with Crippen molar-refractivity contribution in [3.8, 4) is 11.1 Å². The number of anilines is 1. The number of amides is 1. The Balaban J connectivity index is 1.57. The molecule has 3 aromatic carbocycles. The van der Waals surface area contributed by atoms with Crippen molar-refractivity contribution in [2.24, 2.45) is 5.10 Å². The summed E-state index contributed by atoms with van der Waals surface area (Å²) in [7, 11) is 0. The number of rotatable bonds is 6. The van der Waals surface area contributed by atoms with Crippen LogP contribution in [-0.4, -0.2) is 18.2 Å². The van der Waals surface area contributed by atoms with Crippen molar-refractivity contribution >= 4 is 17.3 Å². The molecule has 0 heterocycles. The summed E-state index contributed by atoms with van der Waals surface area (Å²) in [6.07, 6.45) is 0. The van der Waals surface area contributed by atoms with Crippen LogP contribution in [0.5, 0.6) is 0 Å². The molecule has 0 saturated heterocycles. The predicted molar refractivity (Wildman–Crippen MR) is 112 cm³/mol. The van der Waals surface area contributed by atoms with Crippen molar-refractivity contribution in [1.82, 2.24) is 5.43 Å². The lowest BCUT2D eigenvalue weighted by molar-refractivity contribution is -0.119. The minimum atomic E-state index is -0.182. The first-order chi connectivity index (χ1) is 13.1. The van der Waals surface area contributed by atoms with Gasteiger partial charge in [-0.3, -0.25) is 4.79 Å². The Labute approximate surface area is 159 Å². The van der Waals surface area contributed by atoms with Crippen LogP contribution in [0.25, 0.3) is 11.1 Å². The fraction of sp³-hybridized carbons (Fsp3) is 0.130. The van der Waals surface area contributed by atoms with Gasteiger partial charge in [0.1, 0.15) is 0 Å². The van der Waals surface area contributed by atoms with Crippen LogP contribution in [0.15, 0.2) is 84.0 Å². The van der Waals surface area contributed by atoms with Crippen molar-refractivity contribution in [1.29, 1.82) is 0 Å². The van der Waals surface area contributed by atoms with E-state index in [0.29, 0.717) is 0 Å². The zero-order valence-corrected chi connectivity index (χ0v) is 15.6. The number of aryl methyl sites for hydroxylation is 1. The summed E-state index contributed by atoms with van der Waals surface area (Å²) >= 11 is 0. The maximum atomic E-state index is 12.0. The Morgan fingerprint density at radius 1 is 0.852 bits per heavy atom. The third kappa shape index (κ3) is 5.05. The first-order valence-electron chi connectivity index (χ1n) is 8.92. The Bertz CT molecular complexity index is 931. The molecule has 0 spiro atoms. The van der Waals surface area contributed by atoms with Crippen molar-refractivity contribution in [2.45, 2.75) is 13.8 Å². The number of carbonyl (C=O) groups is 1. The van der Waals surface area contributed by atoms with Gasteiger partial charge in [0.25, 0.3) is 5.91 Å². The summed E-state index contributed by atoms with van der Waals surface area (Å²) in [5.41, 5.74) is 8.72. The van der Waals surface area contributed by atoms with Crippen LogP contribution < -0.4 is 10.7 Å². The van der Waals surface area contributed by atoms with Crippen molar-refractivity contribution in [3.05, 3.63) is 90.0 Å². The normalized spacial score (nSPS) is 11.1. The third-order valence-corrected chi connectivity index (χ3v) is 4.34. The lowest BCUT2D eigenvalue weighted by atomic mass is 10.0. The number of benzene rings is 3. The van der Waals surface area contributed by atoms with Crippen molar-refractivity contribution < 1.29 is 4.79 Å². The molecule has 0 bridgehead atoms. The van der Waals surface area contributed by atoms with Crippen LogP contribution in [0.4, 0.5) is 5.69 Å². The fourth-order valence-corrected chi connectivity index (χ4v) is 2.73. The summed E-state index contributed by atoms with van der Waals surface area (Å²) in [4.78, 5) is 12.0. The van der Waals surface area contributed by atoms with Gasteiger partial charge in [0.2, 0.25) is 0 Å². The number of hydrogen-bond donors (Lipinski definition) is 2. The topological polar surface area (TPSA) is 53.5 Å². The van der Waals surface area contributed by atoms with Gasteiger partial charge in [-0.2, -0.15) is 5.10 Å². The highest BCUT2D eigenvalue weighted by Gasteiger charge is 2.04. The van der Waals surface area contributed by atoms with Gasteiger partial charge in [0.15, 0.2) is 0 Å². The summed E-state index contributed by atoms with van der Waals surface area (Å²) in [5.74, 6) is -0.182. The summed E-state index contributed by atoms with van der Waals surface area (Å²) in [5, 5.41) is 7.33. The molecule has 1 amide bonds. The minimum Gasteiger partial charge on any atom is -0.376 e. The molecule has 4 heteroatoms. The van der Waals surface area contributed by atoms with E-state index in [9.17, 15) is 4.79 Å². The Morgan fingerprint density at radius 3 is 2.19 bits per heavy atom. The standard InChI is InChI=1S/C23H23N3O/c1-17-8-6-7-11-22(17)24-16-23(27)26-25-18(2)19-12-14-21(15-13-19)20-9-4-3-5-10-20/h3-15,24H,16H2,1-2H3,(H,26,27)/b25-18+. The molecule has 3 aromatic rings. The maximum absolute atomic E-state index is 12.0. The van der Waals surface area contributed by atoms with Gasteiger partial charge in [0.05, 0.1) is 12.3 Å². The number of nitrogens with zero attached hydrogens (tertiary/aromatic N) is 1. The highest BCUT2D eigenvalue weighted by atomic mass is 16.2. The fourth-order valence-electron chi connectivity index (χ4n) is 2.73. The van der Waals surface area contributed by atoms with Crippen LogP contribution >= 0.6 is 0 Å². The average molecular weight is 357 g/mol. The molecule has 0 aromatic heterocycles. The number of hydrazone groups is 1. The maximum Gasteiger partial charge on any atom is 0.259 e. The average Bonchev–Trinajstić information content (AvgIpc) is 2.72. The number of hydrogen-bond acceptors (Lipinski definition) is 3. The third-order valence-electron chi connectivity index (χ3n) is 4.34. The molecular formula is C23H23N3O. The summed E-state index contributed by atoms with van der Waals surface area (Å²) in [6.45, 7) is 4.06. The van der Waals surface area contributed by atoms with Gasteiger partial charge in [-0.15, -0.1) is 0 Å². The van der Waals surface area contributed by atoms with E-state index in [1.165, 1.54) is 5.56 Å². The highest BCUT2D eigenvalue weighted by Crippen LogP contribution is 2.19. The SMILES string of the molecule is C/C(=N\NC(=O)CNc1ccccc1C)c1ccc(-c2ccccc2)cc1. The molecule has 27 heavy (non-hydrogen) atoms. The van der Waals surface area contributed by atoms with Crippen molar-refractivity contribution in [3.63, 3.8) is 0 Å². The van der Waals surface area contributed by atoms with E-state index in [1.807, 2.05) is 68.4 Å². The monoisotopic (exact) mass is 357 g/mol. The predicted octanol–water partition coefficient (Wildman–Crippen LogP) is 4.61. The van der Waals surface area contributed by atoms with Crippen LogP contribution in [-0.2, 0) is 4.79 Å². The Morgan fingerprint density at radius 2 is 1.48 bits per heavy atom. The van der Waals surface area contributed by atoms with E-state index in [2.05, 4.69) is 40.1 Å². The first kappa shape index (κ1) is 18.4. The largest absolute Gasteiger partial charge is 0.376 e. The lowest BCUT2D eigenvalue weighted by Crippen LogP contribution is -2.27. The second-order valence-corrected chi connectivity index (χ2v) is 6.34. The quantitative estimate of drug-likeness (QED) is 0.500. The van der Waals surface area contributed by atoms with Crippen LogP contribution in [0, 0.1) is 6.92 Å². The van der Waals surface area contributed by atoms with E-state index in [4.69, 9.17) is 0 Å². The van der Waals surface area contributed by atoms with Gasteiger partial charge >= 0.3 is 0 Å². The van der Waals surface area contributed by atoms with E-state index in [0.717, 1.165) is 28.1 Å². The molecule has 0 unspecified atom stereocenters. The molecule has 4 nitrogen and oxygen atoms in total. The van der Waals surface area contributed by atoms with Crippen LogP contribution in [0.1, 0.15) is 18.1 Å². The molecular weight excluding hydrogens is 334 g/mol. The second kappa shape index (κ2) is 8.81. The highest BCUT2D eigenvalue weighted by molar-refractivity contribution is 5.99. The van der Waals surface area contributed by atoms with E-state index < -0.39 is 0 Å². The molecule has 0 aliphatic heterocycles. The molecule has 0 aliphatic carbocycles. The van der Waals surface area contributed by atoms with Gasteiger partial charge in [-0.05, 0) is 42.2 Å². The molecule has 0 atom stereocenters. The van der Waals surface area contributed by atoms with E-state index in [-0.39, 0.29) is 12.5 Å². The number of nitrogens with one attached hydrogen (secondary N) is 2. The molecule has 3 rings (SSSR count). The van der Waals surface area contributed by atoms with Crippen LogP contribution in [0.3, 0.4) is 0 Å². The van der Waals surface area contributed by atoms with Gasteiger partial charge < -0.3 is 5.32 Å². The van der Waals surface area contributed by atoms with E-state index in [1.54, 1.807) is 0 Å². The van der Waals surface area contributed by atoms with Gasteiger partial charge in [0, 0.05) is 5.69 Å². The lowest BCUT2D eigenvalue weighted by Gasteiger charge is -2.08. The molecule has 0 fully saturated rings. The summed E-state index contributed by atoms with van der Waals surface area (Å²) in [6, 6.07) is 26.2. The number of para-hydroxylation sites is 1. The molecule has 0 saturated carbocycles. The smallest absolute Gasteiger partial charge is 0.259 e. The molecule has 2 N–H and O–H groups in total. The summed E-state index contributed by atoms with van der Waals surface area (Å²) < 4.78 is 0. The molecule has 136 valence electrons. The second-order valence-electron chi connectivity index (χ2n) is 6.34. The molecule has 0 radical (unpaired) electrons. The molecule has 0 aliphatic rings. The van der Waals surface area contributed by atoms with E-state index >= 15 is 0 Å². The van der Waals surface area contributed by atoms with Gasteiger partial charge in [-0.1, -0.05) is 72.8 Å². The Hall–Kier alpha value is -3.40. The zero-order chi connectivity index (χ0) is 19.1. The minimum absolute atomic E-state index is 0.175.